The zero-order valence-corrected chi connectivity index (χ0v) is 18.2. The number of phenols is 1. The smallest absolute Gasteiger partial charge is 0.220 e. The molecule has 156 valence electrons. The molecule has 0 saturated carbocycles. The molecular formula is C24H19Cl2N3O2. The van der Waals surface area contributed by atoms with Crippen LogP contribution in [0.5, 0.6) is 11.5 Å². The lowest BCUT2D eigenvalue weighted by atomic mass is 9.97. The summed E-state index contributed by atoms with van der Waals surface area (Å²) in [7, 11) is 0. The SMILES string of the molecule is Cc1nc(N)nc(-c2ccc(OCc3cccc(Cl)c3)cc2O)c1-c1ccc(Cl)cc1. The summed E-state index contributed by atoms with van der Waals surface area (Å²) in [5.41, 5.74) is 10.2. The second kappa shape index (κ2) is 8.84. The molecular weight excluding hydrogens is 433 g/mol. The Morgan fingerprint density at radius 1 is 0.935 bits per heavy atom. The minimum absolute atomic E-state index is 0.0244. The maximum absolute atomic E-state index is 10.8. The molecule has 0 aliphatic carbocycles. The van der Waals surface area contributed by atoms with Crippen LogP contribution in [-0.2, 0) is 6.61 Å². The van der Waals surface area contributed by atoms with Crippen LogP contribution in [0.2, 0.25) is 10.0 Å². The first-order valence-electron chi connectivity index (χ1n) is 9.51. The van der Waals surface area contributed by atoms with Gasteiger partial charge in [-0.05, 0) is 54.4 Å². The van der Waals surface area contributed by atoms with Crippen LogP contribution >= 0.6 is 23.2 Å². The summed E-state index contributed by atoms with van der Waals surface area (Å²) in [4.78, 5) is 8.71. The molecule has 7 heteroatoms. The maximum Gasteiger partial charge on any atom is 0.220 e. The first kappa shape index (κ1) is 21.0. The monoisotopic (exact) mass is 451 g/mol. The molecule has 3 N–H and O–H groups in total. The first-order valence-corrected chi connectivity index (χ1v) is 10.3. The van der Waals surface area contributed by atoms with Gasteiger partial charge in [-0.15, -0.1) is 0 Å². The average molecular weight is 452 g/mol. The summed E-state index contributed by atoms with van der Waals surface area (Å²) >= 11 is 12.0. The highest BCUT2D eigenvalue weighted by molar-refractivity contribution is 6.30. The average Bonchev–Trinajstić information content (AvgIpc) is 2.73. The Hall–Kier alpha value is -3.28. The fraction of sp³-hybridized carbons (Fsp3) is 0.0833. The third kappa shape index (κ3) is 4.74. The van der Waals surface area contributed by atoms with Gasteiger partial charge in [-0.1, -0.05) is 47.5 Å². The van der Waals surface area contributed by atoms with Gasteiger partial charge in [0.15, 0.2) is 0 Å². The topological polar surface area (TPSA) is 81.3 Å². The zero-order chi connectivity index (χ0) is 22.0. The Bertz CT molecular complexity index is 1240. The van der Waals surface area contributed by atoms with Crippen molar-refractivity contribution in [1.29, 1.82) is 0 Å². The molecule has 0 spiro atoms. The standard InChI is InChI=1S/C24H19Cl2N3O2/c1-14-22(16-5-7-17(25)8-6-16)23(29-24(27)28-14)20-10-9-19(12-21(20)30)31-13-15-3-2-4-18(26)11-15/h2-12,30H,13H2,1H3,(H2,27,28,29). The number of phenolic OH excluding ortho intramolecular Hbond substituents is 1. The Labute approximate surface area is 190 Å². The predicted molar refractivity (Wildman–Crippen MR) is 125 cm³/mol. The predicted octanol–water partition coefficient (Wildman–Crippen LogP) is 6.29. The zero-order valence-electron chi connectivity index (χ0n) is 16.6. The number of nitrogen functional groups attached to an aromatic ring is 1. The van der Waals surface area contributed by atoms with Crippen molar-refractivity contribution in [3.05, 3.63) is 88.0 Å². The maximum atomic E-state index is 10.8. The van der Waals surface area contributed by atoms with Gasteiger partial charge in [0.25, 0.3) is 0 Å². The van der Waals surface area contributed by atoms with Gasteiger partial charge in [-0.25, -0.2) is 9.97 Å². The molecule has 0 fully saturated rings. The summed E-state index contributed by atoms with van der Waals surface area (Å²) in [6.07, 6.45) is 0. The fourth-order valence-corrected chi connectivity index (χ4v) is 3.69. The van der Waals surface area contributed by atoms with Crippen LogP contribution in [0.4, 0.5) is 5.95 Å². The summed E-state index contributed by atoms with van der Waals surface area (Å²) in [5.74, 6) is 0.676. The highest BCUT2D eigenvalue weighted by Gasteiger charge is 2.18. The molecule has 31 heavy (non-hydrogen) atoms. The number of hydrogen-bond donors (Lipinski definition) is 2. The number of aryl methyl sites for hydroxylation is 1. The van der Waals surface area contributed by atoms with Crippen molar-refractivity contribution in [2.75, 3.05) is 5.73 Å². The number of hydrogen-bond acceptors (Lipinski definition) is 5. The molecule has 0 bridgehead atoms. The van der Waals surface area contributed by atoms with Crippen LogP contribution in [0.25, 0.3) is 22.4 Å². The molecule has 0 aliphatic rings. The van der Waals surface area contributed by atoms with E-state index in [1.165, 1.54) is 0 Å². The van der Waals surface area contributed by atoms with E-state index in [0.29, 0.717) is 39.4 Å². The lowest BCUT2D eigenvalue weighted by molar-refractivity contribution is 0.304. The molecule has 1 aromatic heterocycles. The van der Waals surface area contributed by atoms with Crippen molar-refractivity contribution in [2.45, 2.75) is 13.5 Å². The molecule has 0 atom stereocenters. The van der Waals surface area contributed by atoms with Gasteiger partial charge in [0, 0.05) is 27.2 Å². The van der Waals surface area contributed by atoms with E-state index in [2.05, 4.69) is 9.97 Å². The minimum Gasteiger partial charge on any atom is -0.507 e. The van der Waals surface area contributed by atoms with Gasteiger partial charge in [0.2, 0.25) is 5.95 Å². The van der Waals surface area contributed by atoms with Crippen molar-refractivity contribution in [1.82, 2.24) is 9.97 Å². The minimum atomic E-state index is 0.0244. The first-order chi connectivity index (χ1) is 14.9. The van der Waals surface area contributed by atoms with Crippen molar-refractivity contribution < 1.29 is 9.84 Å². The largest absolute Gasteiger partial charge is 0.507 e. The van der Waals surface area contributed by atoms with Crippen LogP contribution in [0.3, 0.4) is 0 Å². The van der Waals surface area contributed by atoms with E-state index >= 15 is 0 Å². The number of aromatic hydroxyl groups is 1. The molecule has 4 aromatic rings. The second-order valence-corrected chi connectivity index (χ2v) is 7.87. The number of benzene rings is 3. The molecule has 3 aromatic carbocycles. The molecule has 0 radical (unpaired) electrons. The molecule has 0 saturated heterocycles. The molecule has 1 heterocycles. The highest BCUT2D eigenvalue weighted by atomic mass is 35.5. The van der Waals surface area contributed by atoms with E-state index in [-0.39, 0.29) is 11.7 Å². The number of rotatable bonds is 5. The second-order valence-electron chi connectivity index (χ2n) is 7.00. The van der Waals surface area contributed by atoms with Crippen LogP contribution in [0, 0.1) is 6.92 Å². The van der Waals surface area contributed by atoms with Crippen LogP contribution in [0.15, 0.2) is 66.7 Å². The number of nitrogens with zero attached hydrogens (tertiary/aromatic N) is 2. The van der Waals surface area contributed by atoms with Crippen LogP contribution in [-0.4, -0.2) is 15.1 Å². The molecule has 4 rings (SSSR count). The Morgan fingerprint density at radius 2 is 1.71 bits per heavy atom. The number of anilines is 1. The van der Waals surface area contributed by atoms with Gasteiger partial charge in [0.1, 0.15) is 18.1 Å². The number of nitrogens with two attached hydrogens (primary N) is 1. The van der Waals surface area contributed by atoms with E-state index in [1.54, 1.807) is 36.4 Å². The number of ether oxygens (including phenoxy) is 1. The van der Waals surface area contributed by atoms with E-state index in [4.69, 9.17) is 33.7 Å². The summed E-state index contributed by atoms with van der Waals surface area (Å²) < 4.78 is 5.80. The molecule has 5 nitrogen and oxygen atoms in total. The normalized spacial score (nSPS) is 10.8. The fourth-order valence-electron chi connectivity index (χ4n) is 3.35. The van der Waals surface area contributed by atoms with E-state index < -0.39 is 0 Å². The van der Waals surface area contributed by atoms with Crippen molar-refractivity contribution in [3.63, 3.8) is 0 Å². The van der Waals surface area contributed by atoms with Gasteiger partial charge in [0.05, 0.1) is 11.4 Å². The Kier molecular flexibility index (Phi) is 5.98. The van der Waals surface area contributed by atoms with E-state index in [9.17, 15) is 5.11 Å². The van der Waals surface area contributed by atoms with Gasteiger partial charge < -0.3 is 15.6 Å². The van der Waals surface area contributed by atoms with Crippen molar-refractivity contribution >= 4 is 29.2 Å². The third-order valence-corrected chi connectivity index (χ3v) is 5.25. The molecule has 0 amide bonds. The quantitative estimate of drug-likeness (QED) is 0.372. The van der Waals surface area contributed by atoms with Gasteiger partial charge >= 0.3 is 0 Å². The third-order valence-electron chi connectivity index (χ3n) is 4.76. The number of aromatic nitrogens is 2. The Morgan fingerprint density at radius 3 is 2.42 bits per heavy atom. The lowest BCUT2D eigenvalue weighted by Gasteiger charge is -2.15. The van der Waals surface area contributed by atoms with Gasteiger partial charge in [-0.2, -0.15) is 0 Å². The summed E-state index contributed by atoms with van der Waals surface area (Å²) in [6, 6.07) is 19.9. The molecule has 0 aliphatic heterocycles. The van der Waals surface area contributed by atoms with Gasteiger partial charge in [-0.3, -0.25) is 0 Å². The lowest BCUT2D eigenvalue weighted by Crippen LogP contribution is -2.02. The highest BCUT2D eigenvalue weighted by Crippen LogP contribution is 2.39. The number of halogens is 2. The molecule has 0 unspecified atom stereocenters. The van der Waals surface area contributed by atoms with E-state index in [1.807, 2.05) is 37.3 Å². The van der Waals surface area contributed by atoms with Crippen molar-refractivity contribution in [3.8, 4) is 33.9 Å². The van der Waals surface area contributed by atoms with Crippen LogP contribution < -0.4 is 10.5 Å². The van der Waals surface area contributed by atoms with E-state index in [0.717, 1.165) is 16.7 Å². The van der Waals surface area contributed by atoms with Crippen LogP contribution in [0.1, 0.15) is 11.3 Å². The Balaban J connectivity index is 1.69. The summed E-state index contributed by atoms with van der Waals surface area (Å²) in [5, 5.41) is 12.0. The van der Waals surface area contributed by atoms with Crippen molar-refractivity contribution in [2.24, 2.45) is 0 Å². The summed E-state index contributed by atoms with van der Waals surface area (Å²) in [6.45, 7) is 2.18.